The van der Waals surface area contributed by atoms with Gasteiger partial charge in [-0.05, 0) is 56.9 Å². The van der Waals surface area contributed by atoms with Gasteiger partial charge in [-0.3, -0.25) is 13.9 Å². The molecule has 1 atom stereocenters. The number of para-hydroxylation sites is 1. The smallest absolute Gasteiger partial charge is 0.253 e. The molecule has 0 aromatic heterocycles. The molecule has 1 fully saturated rings. The highest BCUT2D eigenvalue weighted by atomic mass is 32.2. The van der Waals surface area contributed by atoms with Crippen LogP contribution in [0.25, 0.3) is 0 Å². The average molecular weight is 474 g/mol. The standard InChI is InChI=1S/C24H31N3O5S/c1-16-12-17(2)23(18(3)13-16)27(33(4,30)31)15-22(28)26-21-10-6-5-9-20(21)24(29)25-14-19-8-7-11-32-19/h5-6,9-10,12-13,19H,7-8,11,14-15H2,1-4H3,(H,25,29)(H,26,28). The van der Waals surface area contributed by atoms with Gasteiger partial charge in [0, 0.05) is 13.2 Å². The number of nitrogens with one attached hydrogen (secondary N) is 2. The molecule has 8 nitrogen and oxygen atoms in total. The number of amides is 2. The molecule has 2 aromatic carbocycles. The third-order valence-electron chi connectivity index (χ3n) is 5.53. The van der Waals surface area contributed by atoms with E-state index in [9.17, 15) is 18.0 Å². The Morgan fingerprint density at radius 3 is 2.39 bits per heavy atom. The van der Waals surface area contributed by atoms with Crippen LogP contribution in [-0.2, 0) is 19.6 Å². The van der Waals surface area contributed by atoms with Crippen LogP contribution in [0.2, 0.25) is 0 Å². The molecule has 1 saturated heterocycles. The topological polar surface area (TPSA) is 105 Å². The summed E-state index contributed by atoms with van der Waals surface area (Å²) in [5, 5.41) is 5.55. The molecule has 1 aliphatic heterocycles. The predicted octanol–water partition coefficient (Wildman–Crippen LogP) is 2.93. The van der Waals surface area contributed by atoms with Gasteiger partial charge in [-0.25, -0.2) is 8.42 Å². The van der Waals surface area contributed by atoms with Crippen LogP contribution >= 0.6 is 0 Å². The second-order valence-electron chi connectivity index (χ2n) is 8.46. The third-order valence-corrected chi connectivity index (χ3v) is 6.64. The van der Waals surface area contributed by atoms with E-state index in [0.717, 1.165) is 40.1 Å². The van der Waals surface area contributed by atoms with Gasteiger partial charge in [0.2, 0.25) is 15.9 Å². The fourth-order valence-corrected chi connectivity index (χ4v) is 5.12. The van der Waals surface area contributed by atoms with E-state index in [0.29, 0.717) is 30.1 Å². The molecule has 33 heavy (non-hydrogen) atoms. The average Bonchev–Trinajstić information content (AvgIpc) is 3.24. The Hall–Kier alpha value is -2.91. The molecule has 178 valence electrons. The van der Waals surface area contributed by atoms with E-state index in [-0.39, 0.29) is 12.0 Å². The first kappa shape index (κ1) is 24.7. The number of anilines is 2. The molecule has 0 spiro atoms. The Bertz CT molecular complexity index is 1120. The maximum Gasteiger partial charge on any atom is 0.253 e. The van der Waals surface area contributed by atoms with Crippen LogP contribution in [0.15, 0.2) is 36.4 Å². The van der Waals surface area contributed by atoms with Gasteiger partial charge in [-0.2, -0.15) is 0 Å². The minimum absolute atomic E-state index is 0.0000100. The Morgan fingerprint density at radius 1 is 1.12 bits per heavy atom. The first-order valence-corrected chi connectivity index (χ1v) is 12.8. The summed E-state index contributed by atoms with van der Waals surface area (Å²) in [6.07, 6.45) is 2.95. The molecule has 1 aliphatic rings. The maximum atomic E-state index is 12.9. The van der Waals surface area contributed by atoms with Gasteiger partial charge in [-0.1, -0.05) is 29.8 Å². The lowest BCUT2D eigenvalue weighted by Gasteiger charge is -2.26. The quantitative estimate of drug-likeness (QED) is 0.613. The molecule has 1 unspecified atom stereocenters. The molecule has 9 heteroatoms. The number of sulfonamides is 1. The van der Waals surface area contributed by atoms with E-state index in [1.54, 1.807) is 24.3 Å². The molecule has 0 bridgehead atoms. The third kappa shape index (κ3) is 6.33. The van der Waals surface area contributed by atoms with Crippen LogP contribution in [0.4, 0.5) is 11.4 Å². The minimum atomic E-state index is -3.73. The van der Waals surface area contributed by atoms with Crippen LogP contribution in [0.1, 0.15) is 39.9 Å². The van der Waals surface area contributed by atoms with E-state index in [1.807, 2.05) is 32.9 Å². The summed E-state index contributed by atoms with van der Waals surface area (Å²) in [5.74, 6) is -0.870. The van der Waals surface area contributed by atoms with Crippen molar-refractivity contribution < 1.29 is 22.7 Å². The molecule has 3 rings (SSSR count). The van der Waals surface area contributed by atoms with Crippen molar-refractivity contribution in [3.63, 3.8) is 0 Å². The lowest BCUT2D eigenvalue weighted by atomic mass is 10.1. The van der Waals surface area contributed by atoms with Gasteiger partial charge in [0.05, 0.1) is 29.3 Å². The van der Waals surface area contributed by atoms with Crippen LogP contribution in [0.3, 0.4) is 0 Å². The summed E-state index contributed by atoms with van der Waals surface area (Å²) in [7, 11) is -3.73. The van der Waals surface area contributed by atoms with Gasteiger partial charge < -0.3 is 15.4 Å². The molecular formula is C24H31N3O5S. The summed E-state index contributed by atoms with van der Waals surface area (Å²) in [6, 6.07) is 10.4. The van der Waals surface area contributed by atoms with Crippen LogP contribution in [0, 0.1) is 20.8 Å². The van der Waals surface area contributed by atoms with Crippen LogP contribution < -0.4 is 14.9 Å². The summed E-state index contributed by atoms with van der Waals surface area (Å²) >= 11 is 0. The van der Waals surface area contributed by atoms with E-state index >= 15 is 0 Å². The minimum Gasteiger partial charge on any atom is -0.376 e. The Kier molecular flexibility index (Phi) is 7.76. The molecule has 2 aromatic rings. The van der Waals surface area contributed by atoms with Crippen molar-refractivity contribution in [1.29, 1.82) is 0 Å². The maximum absolute atomic E-state index is 12.9. The van der Waals surface area contributed by atoms with E-state index in [1.165, 1.54) is 0 Å². The molecular weight excluding hydrogens is 442 g/mol. The molecule has 2 N–H and O–H groups in total. The zero-order valence-electron chi connectivity index (χ0n) is 19.5. The van der Waals surface area contributed by atoms with Gasteiger partial charge in [0.15, 0.2) is 0 Å². The van der Waals surface area contributed by atoms with Crippen molar-refractivity contribution in [2.24, 2.45) is 0 Å². The number of rotatable bonds is 8. The fraction of sp³-hybridized carbons (Fsp3) is 0.417. The zero-order chi connectivity index (χ0) is 24.2. The van der Waals surface area contributed by atoms with Crippen molar-refractivity contribution in [2.45, 2.75) is 39.7 Å². The van der Waals surface area contributed by atoms with Crippen molar-refractivity contribution in [3.8, 4) is 0 Å². The molecule has 0 saturated carbocycles. The number of aryl methyl sites for hydroxylation is 3. The number of carbonyl (C=O) groups is 2. The summed E-state index contributed by atoms with van der Waals surface area (Å²) in [5.41, 5.74) is 3.64. The Labute approximate surface area is 195 Å². The molecule has 0 radical (unpaired) electrons. The van der Waals surface area contributed by atoms with Gasteiger partial charge in [0.25, 0.3) is 5.91 Å². The number of carbonyl (C=O) groups excluding carboxylic acids is 2. The first-order chi connectivity index (χ1) is 15.6. The van der Waals surface area contributed by atoms with Crippen molar-refractivity contribution >= 4 is 33.2 Å². The van der Waals surface area contributed by atoms with Gasteiger partial charge in [0.1, 0.15) is 6.54 Å². The predicted molar refractivity (Wildman–Crippen MR) is 129 cm³/mol. The lowest BCUT2D eigenvalue weighted by molar-refractivity contribution is -0.114. The van der Waals surface area contributed by atoms with E-state index in [4.69, 9.17) is 4.74 Å². The summed E-state index contributed by atoms with van der Waals surface area (Å²) in [4.78, 5) is 25.6. The fourth-order valence-electron chi connectivity index (χ4n) is 4.15. The summed E-state index contributed by atoms with van der Waals surface area (Å²) < 4.78 is 31.8. The molecule has 1 heterocycles. The SMILES string of the molecule is Cc1cc(C)c(N(CC(=O)Nc2ccccc2C(=O)NCC2CCCO2)S(C)(=O)=O)c(C)c1. The second kappa shape index (κ2) is 10.4. The highest BCUT2D eigenvalue weighted by Crippen LogP contribution is 2.28. The highest BCUT2D eigenvalue weighted by Gasteiger charge is 2.25. The normalized spacial score (nSPS) is 15.8. The van der Waals surface area contributed by atoms with E-state index < -0.39 is 22.5 Å². The number of hydrogen-bond donors (Lipinski definition) is 2. The van der Waals surface area contributed by atoms with Crippen LogP contribution in [-0.4, -0.2) is 52.3 Å². The zero-order valence-corrected chi connectivity index (χ0v) is 20.3. The van der Waals surface area contributed by atoms with Crippen molar-refractivity contribution in [2.75, 3.05) is 35.6 Å². The van der Waals surface area contributed by atoms with Gasteiger partial charge >= 0.3 is 0 Å². The first-order valence-electron chi connectivity index (χ1n) is 10.9. The number of nitrogens with zero attached hydrogens (tertiary/aromatic N) is 1. The molecule has 2 amide bonds. The number of hydrogen-bond acceptors (Lipinski definition) is 5. The molecule has 0 aliphatic carbocycles. The highest BCUT2D eigenvalue weighted by molar-refractivity contribution is 7.92. The van der Waals surface area contributed by atoms with Crippen LogP contribution in [0.5, 0.6) is 0 Å². The summed E-state index contributed by atoms with van der Waals surface area (Å²) in [6.45, 7) is 6.26. The van der Waals surface area contributed by atoms with Crippen molar-refractivity contribution in [3.05, 3.63) is 58.7 Å². The lowest BCUT2D eigenvalue weighted by Crippen LogP contribution is -2.38. The number of benzene rings is 2. The Balaban J connectivity index is 1.77. The number of ether oxygens (including phenoxy) is 1. The Morgan fingerprint density at radius 2 is 1.79 bits per heavy atom. The van der Waals surface area contributed by atoms with E-state index in [2.05, 4.69) is 10.6 Å². The van der Waals surface area contributed by atoms with Crippen molar-refractivity contribution in [1.82, 2.24) is 5.32 Å². The monoisotopic (exact) mass is 473 g/mol. The second-order valence-corrected chi connectivity index (χ2v) is 10.4. The van der Waals surface area contributed by atoms with Gasteiger partial charge in [-0.15, -0.1) is 0 Å². The largest absolute Gasteiger partial charge is 0.376 e.